The molecule has 2 rings (SSSR count). The van der Waals surface area contributed by atoms with Crippen molar-refractivity contribution in [2.75, 3.05) is 26.2 Å². The van der Waals surface area contributed by atoms with E-state index in [1.54, 1.807) is 4.90 Å². The summed E-state index contributed by atoms with van der Waals surface area (Å²) in [7, 11) is 0. The third-order valence-corrected chi connectivity index (χ3v) is 3.28. The van der Waals surface area contributed by atoms with Gasteiger partial charge in [0.2, 0.25) is 11.8 Å². The number of ether oxygens (including phenoxy) is 1. The van der Waals surface area contributed by atoms with Crippen LogP contribution in [0.1, 0.15) is 12.0 Å². The van der Waals surface area contributed by atoms with Crippen molar-refractivity contribution in [1.29, 1.82) is 0 Å². The number of carbonyl (C=O) groups is 2. The number of hydrogen-bond donors (Lipinski definition) is 2. The number of amides is 2. The second-order valence-corrected chi connectivity index (χ2v) is 5.21. The van der Waals surface area contributed by atoms with Gasteiger partial charge in [0.05, 0.1) is 19.7 Å². The summed E-state index contributed by atoms with van der Waals surface area (Å²) in [6.45, 7) is 1.67. The quantitative estimate of drug-likeness (QED) is 0.439. The van der Waals surface area contributed by atoms with Crippen LogP contribution in [-0.2, 0) is 9.59 Å². The fourth-order valence-electron chi connectivity index (χ4n) is 2.05. The highest BCUT2D eigenvalue weighted by Crippen LogP contribution is 2.12. The maximum atomic E-state index is 11.2. The molecule has 3 N–H and O–H groups in total. The molecule has 1 heterocycles. The molecule has 0 bridgehead atoms. The molecular formula is C14H17N3O3S. The van der Waals surface area contributed by atoms with Gasteiger partial charge >= 0.3 is 0 Å². The number of nitrogens with zero attached hydrogens (tertiary/aromatic N) is 1. The molecule has 0 aromatic heterocycles. The molecule has 1 aliphatic heterocycles. The van der Waals surface area contributed by atoms with Crippen molar-refractivity contribution in [3.63, 3.8) is 0 Å². The number of imide groups is 1. The molecule has 1 saturated heterocycles. The number of nitrogens with one attached hydrogen (secondary N) is 1. The first-order chi connectivity index (χ1) is 10.0. The Kier molecular flexibility index (Phi) is 5.24. The van der Waals surface area contributed by atoms with Crippen LogP contribution in [0, 0.1) is 0 Å². The summed E-state index contributed by atoms with van der Waals surface area (Å²) < 4.78 is 5.59. The Balaban J connectivity index is 1.71. The second-order valence-electron chi connectivity index (χ2n) is 4.77. The van der Waals surface area contributed by atoms with E-state index in [1.165, 1.54) is 0 Å². The SMILES string of the molecule is NC(=S)c1ccc(OCCCN2CC(=O)NC(=O)C2)cc1. The van der Waals surface area contributed by atoms with E-state index >= 15 is 0 Å². The van der Waals surface area contributed by atoms with Gasteiger partial charge in [-0.3, -0.25) is 19.8 Å². The van der Waals surface area contributed by atoms with Crippen molar-refractivity contribution < 1.29 is 14.3 Å². The molecule has 0 radical (unpaired) electrons. The lowest BCUT2D eigenvalue weighted by Crippen LogP contribution is -2.51. The van der Waals surface area contributed by atoms with Crippen LogP contribution in [-0.4, -0.2) is 47.9 Å². The fourth-order valence-corrected chi connectivity index (χ4v) is 2.18. The summed E-state index contributed by atoms with van der Waals surface area (Å²) in [4.78, 5) is 24.6. The van der Waals surface area contributed by atoms with Gasteiger partial charge in [-0.1, -0.05) is 12.2 Å². The Hall–Kier alpha value is -1.99. The Labute approximate surface area is 128 Å². The van der Waals surface area contributed by atoms with Crippen LogP contribution in [0.25, 0.3) is 0 Å². The van der Waals surface area contributed by atoms with Gasteiger partial charge in [0, 0.05) is 12.1 Å². The second kappa shape index (κ2) is 7.14. The van der Waals surface area contributed by atoms with E-state index in [0.717, 1.165) is 17.7 Å². The molecule has 1 fully saturated rings. The Morgan fingerprint density at radius 2 is 1.86 bits per heavy atom. The standard InChI is InChI=1S/C14H17N3O3S/c15-14(21)10-2-4-11(5-3-10)20-7-1-6-17-8-12(18)16-13(19)9-17/h2-5H,1,6-9H2,(H2,15,21)(H,16,18,19). The molecule has 21 heavy (non-hydrogen) atoms. The molecule has 7 heteroatoms. The minimum Gasteiger partial charge on any atom is -0.494 e. The molecule has 1 aromatic carbocycles. The van der Waals surface area contributed by atoms with Crippen LogP contribution >= 0.6 is 12.2 Å². The van der Waals surface area contributed by atoms with Crippen molar-refractivity contribution in [2.45, 2.75) is 6.42 Å². The van der Waals surface area contributed by atoms with E-state index in [4.69, 9.17) is 22.7 Å². The van der Waals surface area contributed by atoms with Gasteiger partial charge in [-0.2, -0.15) is 0 Å². The van der Waals surface area contributed by atoms with Crippen molar-refractivity contribution >= 4 is 29.0 Å². The molecule has 2 amide bonds. The van der Waals surface area contributed by atoms with Crippen molar-refractivity contribution in [3.8, 4) is 5.75 Å². The monoisotopic (exact) mass is 307 g/mol. The Morgan fingerprint density at radius 3 is 2.43 bits per heavy atom. The lowest BCUT2D eigenvalue weighted by atomic mass is 10.2. The van der Waals surface area contributed by atoms with Crippen LogP contribution in [0.3, 0.4) is 0 Å². The predicted octanol–water partition coefficient (Wildman–Crippen LogP) is 0.0481. The van der Waals surface area contributed by atoms with Gasteiger partial charge < -0.3 is 10.5 Å². The van der Waals surface area contributed by atoms with E-state index in [0.29, 0.717) is 18.1 Å². The molecular weight excluding hydrogens is 290 g/mol. The predicted molar refractivity (Wildman–Crippen MR) is 82.0 cm³/mol. The van der Waals surface area contributed by atoms with Gasteiger partial charge in [0.25, 0.3) is 0 Å². The molecule has 0 saturated carbocycles. The molecule has 1 aromatic rings. The number of rotatable bonds is 6. The van der Waals surface area contributed by atoms with Crippen LogP contribution in [0.5, 0.6) is 5.75 Å². The zero-order valence-electron chi connectivity index (χ0n) is 11.5. The average Bonchev–Trinajstić information content (AvgIpc) is 2.43. The molecule has 0 unspecified atom stereocenters. The number of piperazine rings is 1. The summed E-state index contributed by atoms with van der Waals surface area (Å²) in [6.07, 6.45) is 0.734. The lowest BCUT2D eigenvalue weighted by molar-refractivity contribution is -0.136. The van der Waals surface area contributed by atoms with Gasteiger partial charge in [-0.05, 0) is 30.7 Å². The zero-order chi connectivity index (χ0) is 15.2. The highest BCUT2D eigenvalue weighted by atomic mass is 32.1. The van der Waals surface area contributed by atoms with E-state index in [2.05, 4.69) is 5.32 Å². The highest BCUT2D eigenvalue weighted by molar-refractivity contribution is 7.80. The van der Waals surface area contributed by atoms with Crippen molar-refractivity contribution in [2.24, 2.45) is 5.73 Å². The van der Waals surface area contributed by atoms with Gasteiger partial charge in [-0.25, -0.2) is 0 Å². The average molecular weight is 307 g/mol. The minimum atomic E-state index is -0.250. The first-order valence-corrected chi connectivity index (χ1v) is 7.03. The molecule has 0 atom stereocenters. The lowest BCUT2D eigenvalue weighted by Gasteiger charge is -2.24. The third-order valence-electron chi connectivity index (χ3n) is 3.04. The molecule has 1 aliphatic rings. The molecule has 0 aliphatic carbocycles. The first kappa shape index (κ1) is 15.4. The van der Waals surface area contributed by atoms with Crippen LogP contribution in [0.2, 0.25) is 0 Å². The number of hydrogen-bond acceptors (Lipinski definition) is 5. The molecule has 112 valence electrons. The van der Waals surface area contributed by atoms with E-state index in [1.807, 2.05) is 24.3 Å². The number of benzene rings is 1. The van der Waals surface area contributed by atoms with E-state index in [9.17, 15) is 9.59 Å². The van der Waals surface area contributed by atoms with Crippen LogP contribution < -0.4 is 15.8 Å². The summed E-state index contributed by atoms with van der Waals surface area (Å²) in [5.41, 5.74) is 6.32. The Morgan fingerprint density at radius 1 is 1.24 bits per heavy atom. The van der Waals surface area contributed by atoms with Gasteiger partial charge in [0.15, 0.2) is 0 Å². The minimum absolute atomic E-state index is 0.250. The summed E-state index contributed by atoms with van der Waals surface area (Å²) >= 11 is 4.87. The summed E-state index contributed by atoms with van der Waals surface area (Å²) in [6, 6.07) is 7.25. The highest BCUT2D eigenvalue weighted by Gasteiger charge is 2.21. The van der Waals surface area contributed by atoms with E-state index in [-0.39, 0.29) is 24.9 Å². The summed E-state index contributed by atoms with van der Waals surface area (Å²) in [5, 5.41) is 2.27. The fraction of sp³-hybridized carbons (Fsp3) is 0.357. The third kappa shape index (κ3) is 4.80. The summed E-state index contributed by atoms with van der Waals surface area (Å²) in [5.74, 6) is 0.239. The van der Waals surface area contributed by atoms with Crippen LogP contribution in [0.4, 0.5) is 0 Å². The van der Waals surface area contributed by atoms with Crippen molar-refractivity contribution in [1.82, 2.24) is 10.2 Å². The maximum absolute atomic E-state index is 11.2. The number of carbonyl (C=O) groups excluding carboxylic acids is 2. The molecule has 6 nitrogen and oxygen atoms in total. The molecule has 0 spiro atoms. The Bertz CT molecular complexity index is 529. The number of thiocarbonyl (C=S) groups is 1. The van der Waals surface area contributed by atoms with Gasteiger partial charge in [0.1, 0.15) is 10.7 Å². The normalized spacial score (nSPS) is 15.6. The van der Waals surface area contributed by atoms with Crippen LogP contribution in [0.15, 0.2) is 24.3 Å². The first-order valence-electron chi connectivity index (χ1n) is 6.62. The number of nitrogens with two attached hydrogens (primary N) is 1. The topological polar surface area (TPSA) is 84.7 Å². The largest absolute Gasteiger partial charge is 0.494 e. The van der Waals surface area contributed by atoms with E-state index < -0.39 is 0 Å². The van der Waals surface area contributed by atoms with Crippen molar-refractivity contribution in [3.05, 3.63) is 29.8 Å². The maximum Gasteiger partial charge on any atom is 0.240 e. The smallest absolute Gasteiger partial charge is 0.240 e. The zero-order valence-corrected chi connectivity index (χ0v) is 12.3. The van der Waals surface area contributed by atoms with Gasteiger partial charge in [-0.15, -0.1) is 0 Å².